The van der Waals surface area contributed by atoms with Gasteiger partial charge in [-0.25, -0.2) is 0 Å². The van der Waals surface area contributed by atoms with Gasteiger partial charge >= 0.3 is 5.97 Å². The molecule has 60 heavy (non-hydrogen) atoms. The van der Waals surface area contributed by atoms with Crippen LogP contribution in [-0.4, -0.2) is 46.9 Å². The lowest BCUT2D eigenvalue weighted by molar-refractivity contribution is -0.151. The van der Waals surface area contributed by atoms with Crippen molar-refractivity contribution in [3.8, 4) is 0 Å². The molecule has 3 N–H and O–H groups in total. The number of esters is 1. The Balaban J connectivity index is 4.38. The Labute approximate surface area is 374 Å². The van der Waals surface area contributed by atoms with Gasteiger partial charge in [-0.05, 0) is 44.9 Å². The van der Waals surface area contributed by atoms with Gasteiger partial charge in [0.15, 0.2) is 0 Å². The van der Waals surface area contributed by atoms with E-state index in [0.717, 1.165) is 64.2 Å². The fraction of sp³-hybridized carbons (Fsp3) is 0.926. The number of aliphatic hydroxyl groups excluding tert-OH is 2. The maximum atomic E-state index is 13.2. The van der Waals surface area contributed by atoms with E-state index in [-0.39, 0.29) is 24.9 Å². The van der Waals surface area contributed by atoms with Crippen molar-refractivity contribution in [2.24, 2.45) is 0 Å². The summed E-state index contributed by atoms with van der Waals surface area (Å²) in [6.45, 7) is 6.47. The summed E-state index contributed by atoms with van der Waals surface area (Å²) in [4.78, 5) is 26.1. The Bertz CT molecular complexity index is 909. The van der Waals surface area contributed by atoms with E-state index in [9.17, 15) is 19.8 Å². The van der Waals surface area contributed by atoms with E-state index < -0.39 is 18.2 Å². The standard InChI is InChI=1S/C54H105NO5/c1-4-7-10-13-16-19-21-23-25-26-28-30-32-35-38-41-44-47-54(59)60-50(45-42-39-36-33-18-15-12-9-6-3)48-53(58)55-51(49-56)52(57)46-43-40-37-34-31-29-27-24-22-20-17-14-11-8-5-2/h15,18,50-52,56-57H,4-14,16-17,19-49H2,1-3H3,(H,55,58)/b18-15-. The van der Waals surface area contributed by atoms with Crippen LogP contribution in [0.1, 0.15) is 297 Å². The van der Waals surface area contributed by atoms with Crippen molar-refractivity contribution in [2.45, 2.75) is 315 Å². The van der Waals surface area contributed by atoms with Gasteiger partial charge in [0.25, 0.3) is 0 Å². The zero-order valence-corrected chi connectivity index (χ0v) is 40.6. The Morgan fingerprint density at radius 1 is 0.467 bits per heavy atom. The van der Waals surface area contributed by atoms with Gasteiger partial charge in [-0.1, -0.05) is 251 Å². The quantitative estimate of drug-likeness (QED) is 0.0322. The first-order valence-electron chi connectivity index (χ1n) is 26.9. The fourth-order valence-corrected chi connectivity index (χ4v) is 8.47. The number of rotatable bonds is 49. The second kappa shape index (κ2) is 48.6. The number of carbonyl (C=O) groups is 2. The monoisotopic (exact) mass is 848 g/mol. The number of hydrogen-bond donors (Lipinski definition) is 3. The van der Waals surface area contributed by atoms with Crippen molar-refractivity contribution in [3.63, 3.8) is 0 Å². The van der Waals surface area contributed by atoms with Crippen molar-refractivity contribution in [2.75, 3.05) is 6.61 Å². The lowest BCUT2D eigenvalue weighted by Gasteiger charge is -2.24. The van der Waals surface area contributed by atoms with Gasteiger partial charge in [0.2, 0.25) is 5.91 Å². The predicted octanol–water partition coefficient (Wildman–Crippen LogP) is 16.1. The Morgan fingerprint density at radius 2 is 0.817 bits per heavy atom. The van der Waals surface area contributed by atoms with Crippen LogP contribution < -0.4 is 5.32 Å². The normalized spacial score (nSPS) is 13.2. The van der Waals surface area contributed by atoms with Gasteiger partial charge < -0.3 is 20.3 Å². The minimum absolute atomic E-state index is 0.0733. The van der Waals surface area contributed by atoms with E-state index in [2.05, 4.69) is 38.2 Å². The van der Waals surface area contributed by atoms with E-state index in [1.165, 1.54) is 186 Å². The third kappa shape index (κ3) is 43.3. The molecule has 0 rings (SSSR count). The second-order valence-electron chi connectivity index (χ2n) is 18.6. The zero-order chi connectivity index (χ0) is 43.8. The first-order chi connectivity index (χ1) is 29.5. The third-order valence-corrected chi connectivity index (χ3v) is 12.6. The number of ether oxygens (including phenoxy) is 1. The first-order valence-corrected chi connectivity index (χ1v) is 26.9. The van der Waals surface area contributed by atoms with Crippen LogP contribution in [0.5, 0.6) is 0 Å². The van der Waals surface area contributed by atoms with Crippen LogP contribution >= 0.6 is 0 Å². The highest BCUT2D eigenvalue weighted by Gasteiger charge is 2.24. The SMILES string of the molecule is CCCC/C=C\CCCCCC(CC(=O)NC(CO)C(O)CCCCCCCCCCCCCCCCC)OC(=O)CCCCCCCCCCCCCCCCCCC. The second-order valence-corrected chi connectivity index (χ2v) is 18.6. The largest absolute Gasteiger partial charge is 0.462 e. The van der Waals surface area contributed by atoms with Crippen LogP contribution in [0.25, 0.3) is 0 Å². The fourth-order valence-electron chi connectivity index (χ4n) is 8.47. The Hall–Kier alpha value is -1.40. The summed E-state index contributed by atoms with van der Waals surface area (Å²) in [5, 5.41) is 23.8. The number of amides is 1. The molecule has 0 saturated carbocycles. The molecular formula is C54H105NO5. The van der Waals surface area contributed by atoms with Crippen LogP contribution in [0.4, 0.5) is 0 Å². The first kappa shape index (κ1) is 58.6. The van der Waals surface area contributed by atoms with Gasteiger partial charge in [-0.2, -0.15) is 0 Å². The summed E-state index contributed by atoms with van der Waals surface area (Å²) < 4.78 is 5.92. The maximum Gasteiger partial charge on any atom is 0.306 e. The van der Waals surface area contributed by atoms with Crippen LogP contribution in [0.15, 0.2) is 12.2 Å². The highest BCUT2D eigenvalue weighted by Crippen LogP contribution is 2.18. The summed E-state index contributed by atoms with van der Waals surface area (Å²) in [6.07, 6.45) is 54.3. The molecule has 0 bridgehead atoms. The number of carbonyl (C=O) groups excluding carboxylic acids is 2. The molecule has 3 atom stereocenters. The minimum Gasteiger partial charge on any atom is -0.462 e. The predicted molar refractivity (Wildman–Crippen MR) is 260 cm³/mol. The number of hydrogen-bond acceptors (Lipinski definition) is 5. The minimum atomic E-state index is -0.785. The Kier molecular flexibility index (Phi) is 47.5. The summed E-state index contributed by atoms with van der Waals surface area (Å²) in [5.41, 5.74) is 0. The summed E-state index contributed by atoms with van der Waals surface area (Å²) in [7, 11) is 0. The number of allylic oxidation sites excluding steroid dienone is 2. The van der Waals surface area contributed by atoms with Crippen molar-refractivity contribution in [1.29, 1.82) is 0 Å². The Morgan fingerprint density at radius 3 is 1.23 bits per heavy atom. The van der Waals surface area contributed by atoms with Gasteiger partial charge in [0.05, 0.1) is 25.2 Å². The molecule has 0 fully saturated rings. The van der Waals surface area contributed by atoms with Crippen LogP contribution in [0, 0.1) is 0 Å². The van der Waals surface area contributed by atoms with Crippen molar-refractivity contribution in [1.82, 2.24) is 5.32 Å². The molecule has 0 aliphatic rings. The van der Waals surface area contributed by atoms with Crippen LogP contribution in [0.2, 0.25) is 0 Å². The van der Waals surface area contributed by atoms with Gasteiger partial charge in [-0.15, -0.1) is 0 Å². The molecule has 1 amide bonds. The van der Waals surface area contributed by atoms with E-state index in [1.807, 2.05) is 0 Å². The molecular weight excluding hydrogens is 743 g/mol. The lowest BCUT2D eigenvalue weighted by Crippen LogP contribution is -2.46. The van der Waals surface area contributed by atoms with Crippen molar-refractivity contribution in [3.05, 3.63) is 12.2 Å². The molecule has 0 radical (unpaired) electrons. The molecule has 6 heteroatoms. The molecule has 0 aromatic rings. The molecule has 0 saturated heterocycles. The highest BCUT2D eigenvalue weighted by atomic mass is 16.5. The molecule has 0 aromatic heterocycles. The number of nitrogens with one attached hydrogen (secondary N) is 1. The number of aliphatic hydroxyl groups is 2. The van der Waals surface area contributed by atoms with Gasteiger partial charge in [0, 0.05) is 6.42 Å². The van der Waals surface area contributed by atoms with Crippen molar-refractivity contribution < 1.29 is 24.5 Å². The van der Waals surface area contributed by atoms with E-state index in [4.69, 9.17) is 4.74 Å². The van der Waals surface area contributed by atoms with Crippen LogP contribution in [-0.2, 0) is 14.3 Å². The molecule has 0 aromatic carbocycles. The van der Waals surface area contributed by atoms with E-state index in [0.29, 0.717) is 19.3 Å². The summed E-state index contributed by atoms with van der Waals surface area (Å²) >= 11 is 0. The molecule has 0 aliphatic heterocycles. The average Bonchev–Trinajstić information content (AvgIpc) is 3.24. The lowest BCUT2D eigenvalue weighted by atomic mass is 10.0. The molecule has 6 nitrogen and oxygen atoms in total. The van der Waals surface area contributed by atoms with Gasteiger partial charge in [-0.3, -0.25) is 9.59 Å². The summed E-state index contributed by atoms with van der Waals surface area (Å²) in [5.74, 6) is -0.474. The average molecular weight is 848 g/mol. The molecule has 0 heterocycles. The van der Waals surface area contributed by atoms with Crippen LogP contribution in [0.3, 0.4) is 0 Å². The smallest absolute Gasteiger partial charge is 0.306 e. The topological polar surface area (TPSA) is 95.9 Å². The number of unbranched alkanes of at least 4 members (excludes halogenated alkanes) is 35. The summed E-state index contributed by atoms with van der Waals surface area (Å²) in [6, 6.07) is -0.699. The zero-order valence-electron chi connectivity index (χ0n) is 40.6. The molecule has 356 valence electrons. The van der Waals surface area contributed by atoms with Crippen molar-refractivity contribution >= 4 is 11.9 Å². The van der Waals surface area contributed by atoms with E-state index >= 15 is 0 Å². The highest BCUT2D eigenvalue weighted by molar-refractivity contribution is 5.77. The third-order valence-electron chi connectivity index (χ3n) is 12.6. The van der Waals surface area contributed by atoms with E-state index in [1.54, 1.807) is 0 Å². The maximum absolute atomic E-state index is 13.2. The van der Waals surface area contributed by atoms with Gasteiger partial charge in [0.1, 0.15) is 6.10 Å². The molecule has 3 unspecified atom stereocenters. The molecule has 0 aliphatic carbocycles. The molecule has 0 spiro atoms.